The van der Waals surface area contributed by atoms with Crippen LogP contribution in [-0.4, -0.2) is 4.57 Å². The van der Waals surface area contributed by atoms with Crippen LogP contribution < -0.4 is 0 Å². The summed E-state index contributed by atoms with van der Waals surface area (Å²) in [5, 5.41) is 2.59. The number of hydrogen-bond donors (Lipinski definition) is 0. The summed E-state index contributed by atoms with van der Waals surface area (Å²) in [6.07, 6.45) is 1.04. The zero-order valence-corrected chi connectivity index (χ0v) is 46.7. The molecule has 0 N–H and O–H groups in total. The van der Waals surface area contributed by atoms with Crippen LogP contribution in [0.3, 0.4) is 0 Å². The highest BCUT2D eigenvalue weighted by atomic mass is 15.0. The molecule has 16 rings (SSSR count). The normalized spacial score (nSPS) is 13.4. The molecular weight excluding hydrogens is 975 g/mol. The third-order valence-corrected chi connectivity index (χ3v) is 17.8. The molecule has 0 spiro atoms. The summed E-state index contributed by atoms with van der Waals surface area (Å²) in [6, 6.07) is 102. The van der Waals surface area contributed by atoms with E-state index < -0.39 is 0 Å². The number of nitrogens with zero attached hydrogens (tertiary/aromatic N) is 1. The second-order valence-corrected chi connectivity index (χ2v) is 22.9. The van der Waals surface area contributed by atoms with Gasteiger partial charge in [0.25, 0.3) is 0 Å². The third-order valence-electron chi connectivity index (χ3n) is 17.8. The molecule has 0 bridgehead atoms. The van der Waals surface area contributed by atoms with Crippen LogP contribution in [0.1, 0.15) is 75.0 Å². The molecule has 3 aliphatic rings. The van der Waals surface area contributed by atoms with Crippen LogP contribution in [0.25, 0.3) is 83.1 Å². The van der Waals surface area contributed by atoms with Gasteiger partial charge in [0.15, 0.2) is 0 Å². The van der Waals surface area contributed by atoms with Gasteiger partial charge in [0.2, 0.25) is 0 Å². The number of aryl methyl sites for hydroxylation is 3. The minimum absolute atomic E-state index is 0.151. The molecule has 0 saturated heterocycles. The highest BCUT2D eigenvalue weighted by Crippen LogP contribution is 2.57. The Labute approximate surface area is 477 Å². The van der Waals surface area contributed by atoms with Gasteiger partial charge < -0.3 is 4.57 Å². The molecular formula is C80H63N. The summed E-state index contributed by atoms with van der Waals surface area (Å²) in [4.78, 5) is 0. The van der Waals surface area contributed by atoms with Crippen molar-refractivity contribution in [1.29, 1.82) is 0 Å². The van der Waals surface area contributed by atoms with E-state index >= 15 is 0 Å². The van der Waals surface area contributed by atoms with E-state index in [-0.39, 0.29) is 10.8 Å². The van der Waals surface area contributed by atoms with Crippen molar-refractivity contribution in [1.82, 2.24) is 4.57 Å². The molecule has 12 aromatic carbocycles. The van der Waals surface area contributed by atoms with Crippen LogP contribution in [0.5, 0.6) is 0 Å². The number of benzene rings is 12. The summed E-state index contributed by atoms with van der Waals surface area (Å²) in [5.74, 6) is 0. The van der Waals surface area contributed by atoms with Gasteiger partial charge in [-0.3, -0.25) is 0 Å². The van der Waals surface area contributed by atoms with Crippen molar-refractivity contribution < 1.29 is 0 Å². The van der Waals surface area contributed by atoms with Crippen molar-refractivity contribution >= 4 is 21.8 Å². The lowest BCUT2D eigenvalue weighted by molar-refractivity contribution is 0.660. The number of rotatable bonds is 5. The van der Waals surface area contributed by atoms with E-state index in [0.29, 0.717) is 0 Å². The van der Waals surface area contributed by atoms with Crippen molar-refractivity contribution in [2.24, 2.45) is 0 Å². The van der Waals surface area contributed by atoms with Gasteiger partial charge in [0.1, 0.15) is 0 Å². The Kier molecular flexibility index (Phi) is 12.3. The van der Waals surface area contributed by atoms with Crippen molar-refractivity contribution in [2.45, 2.75) is 51.9 Å². The molecule has 1 aromatic heterocycles. The van der Waals surface area contributed by atoms with Crippen molar-refractivity contribution in [3.05, 3.63) is 340 Å². The predicted octanol–water partition coefficient (Wildman–Crippen LogP) is 20.7. The summed E-state index contributed by atoms with van der Waals surface area (Å²) in [5.41, 5.74) is 32.0. The maximum atomic E-state index is 2.42. The molecule has 1 heteroatoms. The SMILES string of the molecule is Cc1ccc(-c2ccc3c(c2)C(c2ccccc2)(c2ccccc2)c2ccccc2-3)cc1.Cc1cccc2c1-c1cc(-c3ccc4c(c3)c3ccccc3n4-c3ccccc3)ccc1C2.Cc1cccc2c1-c1ccccc1C2(C)C. The minimum atomic E-state index is -0.338. The van der Waals surface area contributed by atoms with E-state index in [0.717, 1.165) is 6.42 Å². The summed E-state index contributed by atoms with van der Waals surface area (Å²) in [6.45, 7) is 11.2. The molecule has 81 heavy (non-hydrogen) atoms. The molecule has 0 atom stereocenters. The highest BCUT2D eigenvalue weighted by Gasteiger charge is 2.46. The summed E-state index contributed by atoms with van der Waals surface area (Å²) in [7, 11) is 0. The van der Waals surface area contributed by atoms with E-state index in [4.69, 9.17) is 0 Å². The first kappa shape index (κ1) is 49.7. The highest BCUT2D eigenvalue weighted by molar-refractivity contribution is 6.10. The monoisotopic (exact) mass is 1040 g/mol. The van der Waals surface area contributed by atoms with Gasteiger partial charge >= 0.3 is 0 Å². The maximum Gasteiger partial charge on any atom is 0.0713 e. The first-order valence-electron chi connectivity index (χ1n) is 28.6. The van der Waals surface area contributed by atoms with Crippen molar-refractivity contribution in [3.63, 3.8) is 0 Å². The maximum absolute atomic E-state index is 2.42. The van der Waals surface area contributed by atoms with E-state index in [1.54, 1.807) is 0 Å². The molecule has 0 aliphatic heterocycles. The van der Waals surface area contributed by atoms with Crippen LogP contribution in [0.2, 0.25) is 0 Å². The molecule has 0 saturated carbocycles. The van der Waals surface area contributed by atoms with Gasteiger partial charge in [0, 0.05) is 21.9 Å². The van der Waals surface area contributed by atoms with Crippen LogP contribution in [0.15, 0.2) is 279 Å². The molecule has 388 valence electrons. The summed E-state index contributed by atoms with van der Waals surface area (Å²) < 4.78 is 2.37. The van der Waals surface area contributed by atoms with Gasteiger partial charge in [-0.05, 0) is 181 Å². The quantitative estimate of drug-likeness (QED) is 0.162. The molecule has 0 fully saturated rings. The Morgan fingerprint density at radius 2 is 0.852 bits per heavy atom. The van der Waals surface area contributed by atoms with Gasteiger partial charge in [-0.1, -0.05) is 256 Å². The lowest BCUT2D eigenvalue weighted by atomic mass is 9.67. The topological polar surface area (TPSA) is 4.93 Å². The molecule has 13 aromatic rings. The fourth-order valence-corrected chi connectivity index (χ4v) is 13.9. The fraction of sp³-hybridized carbons (Fsp3) is 0.100. The zero-order valence-electron chi connectivity index (χ0n) is 46.7. The number of aromatic nitrogens is 1. The number of hydrogen-bond acceptors (Lipinski definition) is 0. The largest absolute Gasteiger partial charge is 0.309 e. The van der Waals surface area contributed by atoms with E-state index in [1.807, 2.05) is 0 Å². The molecule has 3 aliphatic carbocycles. The molecule has 0 amide bonds. The van der Waals surface area contributed by atoms with Gasteiger partial charge in [0.05, 0.1) is 16.4 Å². The van der Waals surface area contributed by atoms with Crippen LogP contribution in [-0.2, 0) is 17.3 Å². The minimum Gasteiger partial charge on any atom is -0.309 e. The second kappa shape index (κ2) is 20.0. The van der Waals surface area contributed by atoms with Crippen LogP contribution in [0, 0.1) is 20.8 Å². The number of para-hydroxylation sites is 2. The van der Waals surface area contributed by atoms with Gasteiger partial charge in [-0.25, -0.2) is 0 Å². The fourth-order valence-electron chi connectivity index (χ4n) is 13.9. The molecule has 0 radical (unpaired) electrons. The molecule has 1 heterocycles. The Morgan fingerprint density at radius 3 is 1.59 bits per heavy atom. The lowest BCUT2D eigenvalue weighted by Gasteiger charge is -2.34. The van der Waals surface area contributed by atoms with Gasteiger partial charge in [-0.2, -0.15) is 0 Å². The summed E-state index contributed by atoms with van der Waals surface area (Å²) >= 11 is 0. The average Bonchev–Trinajstić information content (AvgIpc) is 4.02. The van der Waals surface area contributed by atoms with E-state index in [1.165, 1.54) is 144 Å². The van der Waals surface area contributed by atoms with Crippen LogP contribution in [0.4, 0.5) is 0 Å². The smallest absolute Gasteiger partial charge is 0.0713 e. The Morgan fingerprint density at radius 1 is 0.321 bits per heavy atom. The zero-order chi connectivity index (χ0) is 54.8. The molecule has 1 nitrogen and oxygen atoms in total. The third kappa shape index (κ3) is 8.21. The first-order valence-corrected chi connectivity index (χ1v) is 28.6. The Balaban J connectivity index is 0.000000116. The molecule has 0 unspecified atom stereocenters. The first-order chi connectivity index (χ1) is 39.7. The van der Waals surface area contributed by atoms with Crippen molar-refractivity contribution in [2.75, 3.05) is 0 Å². The lowest BCUT2D eigenvalue weighted by Crippen LogP contribution is -2.28. The van der Waals surface area contributed by atoms with Gasteiger partial charge in [-0.15, -0.1) is 0 Å². The Bertz CT molecular complexity index is 4480. The average molecular weight is 1040 g/mol. The Hall–Kier alpha value is -9.56. The van der Waals surface area contributed by atoms with E-state index in [2.05, 4.69) is 318 Å². The van der Waals surface area contributed by atoms with Crippen LogP contribution >= 0.6 is 0 Å². The second-order valence-electron chi connectivity index (χ2n) is 22.9. The number of fused-ring (bicyclic) bond motifs is 12. The predicted molar refractivity (Wildman–Crippen MR) is 342 cm³/mol. The van der Waals surface area contributed by atoms with E-state index in [9.17, 15) is 0 Å². The van der Waals surface area contributed by atoms with Crippen molar-refractivity contribution in [3.8, 4) is 61.3 Å². The standard InChI is InChI=1S/C32H23N.C32H24.C16H16/c1-21-8-7-9-25-18-24-15-14-22(19-28(24)32(21)25)23-16-17-31-29(20-23)27-12-5-6-13-30(27)33(31)26-10-3-2-4-11-26;1-23-16-18-24(19-17-23)25-20-21-29-28-14-8-9-15-30(28)32(31(29)22-25,26-10-4-2-5-11-26)27-12-6-3-7-13-27;1-11-7-6-10-14-15(11)12-8-4-5-9-13(12)16(14,2)3/h2-17,19-20H,18H2,1H3;2-22H,1H3;4-10H,1-3H3.